The van der Waals surface area contributed by atoms with Gasteiger partial charge < -0.3 is 5.73 Å². The van der Waals surface area contributed by atoms with E-state index in [1.807, 2.05) is 11.3 Å². The molecule has 0 fully saturated rings. The van der Waals surface area contributed by atoms with E-state index >= 15 is 0 Å². The van der Waals surface area contributed by atoms with Gasteiger partial charge >= 0.3 is 0 Å². The molecule has 1 heterocycles. The Kier molecular flexibility index (Phi) is 3.19. The molecular weight excluding hydrogens is 202 g/mol. The molecule has 0 aliphatic heterocycles. The van der Waals surface area contributed by atoms with E-state index in [0.29, 0.717) is 0 Å². The lowest BCUT2D eigenvalue weighted by Crippen LogP contribution is -2.00. The molecule has 0 amide bonds. The van der Waals surface area contributed by atoms with Crippen LogP contribution in [-0.4, -0.2) is 6.54 Å². The van der Waals surface area contributed by atoms with Gasteiger partial charge in [-0.25, -0.2) is 0 Å². The van der Waals surface area contributed by atoms with Gasteiger partial charge in [-0.3, -0.25) is 0 Å². The Bertz CT molecular complexity index is 445. The molecule has 0 aliphatic rings. The monoisotopic (exact) mass is 217 g/mol. The molecule has 1 aromatic carbocycles. The summed E-state index contributed by atoms with van der Waals surface area (Å²) in [6, 6.07) is 13.0. The van der Waals surface area contributed by atoms with Crippen molar-refractivity contribution in [2.24, 2.45) is 5.73 Å². The normalized spacial score (nSPS) is 10.5. The van der Waals surface area contributed by atoms with Gasteiger partial charge in [0.1, 0.15) is 0 Å². The average molecular weight is 217 g/mol. The molecule has 0 saturated heterocycles. The second kappa shape index (κ2) is 4.60. The van der Waals surface area contributed by atoms with E-state index in [9.17, 15) is 0 Å². The zero-order chi connectivity index (χ0) is 10.7. The smallest absolute Gasteiger partial charge is 0.0345 e. The van der Waals surface area contributed by atoms with Gasteiger partial charge in [-0.05, 0) is 37.6 Å². The highest BCUT2D eigenvalue weighted by Crippen LogP contribution is 2.28. The number of hydrogen-bond donors (Lipinski definition) is 1. The Morgan fingerprint density at radius 1 is 1.20 bits per heavy atom. The minimum Gasteiger partial charge on any atom is -0.330 e. The highest BCUT2D eigenvalue weighted by atomic mass is 32.1. The van der Waals surface area contributed by atoms with Crippen LogP contribution < -0.4 is 5.73 Å². The topological polar surface area (TPSA) is 26.0 Å². The number of benzene rings is 1. The van der Waals surface area contributed by atoms with Gasteiger partial charge in [0.2, 0.25) is 0 Å². The first-order valence-electron chi connectivity index (χ1n) is 5.15. The molecule has 0 aliphatic carbocycles. The molecule has 78 valence electrons. The van der Waals surface area contributed by atoms with Crippen molar-refractivity contribution in [2.75, 3.05) is 6.54 Å². The van der Waals surface area contributed by atoms with Crippen LogP contribution in [0.25, 0.3) is 10.4 Å². The molecule has 15 heavy (non-hydrogen) atoms. The minimum absolute atomic E-state index is 0.730. The maximum atomic E-state index is 5.54. The molecule has 2 heteroatoms. The number of rotatable bonds is 3. The van der Waals surface area contributed by atoms with Crippen LogP contribution in [0.1, 0.15) is 10.4 Å². The van der Waals surface area contributed by atoms with Crippen molar-refractivity contribution in [3.8, 4) is 10.4 Å². The molecule has 0 atom stereocenters. The van der Waals surface area contributed by atoms with Crippen molar-refractivity contribution >= 4 is 11.3 Å². The fourth-order valence-electron chi connectivity index (χ4n) is 1.61. The lowest BCUT2D eigenvalue weighted by molar-refractivity contribution is 0.989. The highest BCUT2D eigenvalue weighted by Gasteiger charge is 2.02. The van der Waals surface area contributed by atoms with Crippen LogP contribution in [0.5, 0.6) is 0 Å². The van der Waals surface area contributed by atoms with Gasteiger partial charge in [0.15, 0.2) is 0 Å². The summed E-state index contributed by atoms with van der Waals surface area (Å²) in [5.74, 6) is 0. The summed E-state index contributed by atoms with van der Waals surface area (Å²) in [5, 5.41) is 0. The SMILES string of the molecule is Cc1cccc(-c2ccc(CCN)s2)c1. The summed E-state index contributed by atoms with van der Waals surface area (Å²) in [6.45, 7) is 2.85. The van der Waals surface area contributed by atoms with Crippen molar-refractivity contribution in [3.63, 3.8) is 0 Å². The first-order chi connectivity index (χ1) is 7.29. The standard InChI is InChI=1S/C13H15NS/c1-10-3-2-4-11(9-10)13-6-5-12(15-13)7-8-14/h2-6,9H,7-8,14H2,1H3. The summed E-state index contributed by atoms with van der Waals surface area (Å²) in [4.78, 5) is 2.70. The minimum atomic E-state index is 0.730. The van der Waals surface area contributed by atoms with Crippen LogP contribution in [0.4, 0.5) is 0 Å². The summed E-state index contributed by atoms with van der Waals surface area (Å²) in [7, 11) is 0. The molecule has 1 aromatic heterocycles. The van der Waals surface area contributed by atoms with Crippen LogP contribution in [0, 0.1) is 6.92 Å². The number of aryl methyl sites for hydroxylation is 1. The Balaban J connectivity index is 2.29. The Morgan fingerprint density at radius 2 is 2.07 bits per heavy atom. The third-order valence-electron chi connectivity index (χ3n) is 2.35. The summed E-state index contributed by atoms with van der Waals surface area (Å²) in [5.41, 5.74) is 8.15. The van der Waals surface area contributed by atoms with Crippen LogP contribution in [0.15, 0.2) is 36.4 Å². The number of hydrogen-bond acceptors (Lipinski definition) is 2. The molecule has 0 spiro atoms. The second-order valence-electron chi connectivity index (χ2n) is 3.67. The average Bonchev–Trinajstić information content (AvgIpc) is 2.67. The number of nitrogens with two attached hydrogens (primary N) is 1. The maximum absolute atomic E-state index is 5.54. The van der Waals surface area contributed by atoms with Gasteiger partial charge in [-0.2, -0.15) is 0 Å². The van der Waals surface area contributed by atoms with Crippen LogP contribution >= 0.6 is 11.3 Å². The van der Waals surface area contributed by atoms with Gasteiger partial charge in [0.25, 0.3) is 0 Å². The molecule has 0 bridgehead atoms. The van der Waals surface area contributed by atoms with E-state index in [1.165, 1.54) is 20.9 Å². The van der Waals surface area contributed by atoms with E-state index in [4.69, 9.17) is 5.73 Å². The molecule has 0 saturated carbocycles. The van der Waals surface area contributed by atoms with Crippen LogP contribution in [0.3, 0.4) is 0 Å². The molecule has 2 aromatic rings. The van der Waals surface area contributed by atoms with Crippen LogP contribution in [0.2, 0.25) is 0 Å². The molecule has 1 nitrogen and oxygen atoms in total. The van der Waals surface area contributed by atoms with Crippen molar-refractivity contribution in [2.45, 2.75) is 13.3 Å². The van der Waals surface area contributed by atoms with Crippen molar-refractivity contribution in [3.05, 3.63) is 46.8 Å². The molecule has 0 unspecified atom stereocenters. The fraction of sp³-hybridized carbons (Fsp3) is 0.231. The van der Waals surface area contributed by atoms with E-state index in [2.05, 4.69) is 43.3 Å². The van der Waals surface area contributed by atoms with Crippen molar-refractivity contribution < 1.29 is 0 Å². The first kappa shape index (κ1) is 10.4. The maximum Gasteiger partial charge on any atom is 0.0345 e. The predicted octanol–water partition coefficient (Wildman–Crippen LogP) is 3.22. The Morgan fingerprint density at radius 3 is 2.80 bits per heavy atom. The van der Waals surface area contributed by atoms with Crippen LogP contribution in [-0.2, 0) is 6.42 Å². The quantitative estimate of drug-likeness (QED) is 0.839. The highest BCUT2D eigenvalue weighted by molar-refractivity contribution is 7.15. The molecule has 2 N–H and O–H groups in total. The van der Waals surface area contributed by atoms with E-state index < -0.39 is 0 Å². The second-order valence-corrected chi connectivity index (χ2v) is 4.84. The lowest BCUT2D eigenvalue weighted by Gasteiger charge is -1.98. The summed E-state index contributed by atoms with van der Waals surface area (Å²) in [6.07, 6.45) is 0.983. The first-order valence-corrected chi connectivity index (χ1v) is 5.97. The van der Waals surface area contributed by atoms with E-state index in [1.54, 1.807) is 0 Å². The number of thiophene rings is 1. The van der Waals surface area contributed by atoms with E-state index in [0.717, 1.165) is 13.0 Å². The van der Waals surface area contributed by atoms with Crippen molar-refractivity contribution in [1.82, 2.24) is 0 Å². The van der Waals surface area contributed by atoms with Gasteiger partial charge in [0.05, 0.1) is 0 Å². The molecule has 0 radical (unpaired) electrons. The Labute approximate surface area is 94.6 Å². The molecule has 2 rings (SSSR count). The molecular formula is C13H15NS. The largest absolute Gasteiger partial charge is 0.330 e. The summed E-state index contributed by atoms with van der Waals surface area (Å²) < 4.78 is 0. The summed E-state index contributed by atoms with van der Waals surface area (Å²) >= 11 is 1.84. The zero-order valence-electron chi connectivity index (χ0n) is 8.86. The van der Waals surface area contributed by atoms with Gasteiger partial charge in [0, 0.05) is 9.75 Å². The lowest BCUT2D eigenvalue weighted by atomic mass is 10.1. The third kappa shape index (κ3) is 2.46. The zero-order valence-corrected chi connectivity index (χ0v) is 9.68. The third-order valence-corrected chi connectivity index (χ3v) is 3.55. The van der Waals surface area contributed by atoms with Gasteiger partial charge in [-0.15, -0.1) is 11.3 Å². The van der Waals surface area contributed by atoms with Crippen molar-refractivity contribution in [1.29, 1.82) is 0 Å². The van der Waals surface area contributed by atoms with E-state index in [-0.39, 0.29) is 0 Å². The predicted molar refractivity (Wildman–Crippen MR) is 67.3 cm³/mol. The van der Waals surface area contributed by atoms with Gasteiger partial charge in [-0.1, -0.05) is 29.8 Å². The Hall–Kier alpha value is -1.12. The fourth-order valence-corrected chi connectivity index (χ4v) is 2.63.